The van der Waals surface area contributed by atoms with E-state index in [9.17, 15) is 4.79 Å². The lowest BCUT2D eigenvalue weighted by Crippen LogP contribution is -2.11. The van der Waals surface area contributed by atoms with E-state index in [1.54, 1.807) is 31.2 Å². The summed E-state index contributed by atoms with van der Waals surface area (Å²) in [6.07, 6.45) is 6.53. The number of primary amides is 1. The van der Waals surface area contributed by atoms with Crippen LogP contribution in [0, 0.1) is 0 Å². The lowest BCUT2D eigenvalue weighted by Gasteiger charge is -1.90. The van der Waals surface area contributed by atoms with E-state index in [1.807, 2.05) is 0 Å². The van der Waals surface area contributed by atoms with Crippen LogP contribution in [0.1, 0.15) is 6.92 Å². The van der Waals surface area contributed by atoms with Gasteiger partial charge in [-0.1, -0.05) is 24.8 Å². The molecule has 2 heteroatoms. The van der Waals surface area contributed by atoms with Crippen LogP contribution in [0.3, 0.4) is 0 Å². The number of carbonyl (C=O) groups is 1. The molecule has 0 unspecified atom stereocenters. The number of nitrogens with two attached hydrogens (primary N) is 1. The summed E-state index contributed by atoms with van der Waals surface area (Å²) >= 11 is 0. The molecule has 0 rings (SSSR count). The van der Waals surface area contributed by atoms with Crippen LogP contribution in [-0.2, 0) is 4.79 Å². The van der Waals surface area contributed by atoms with Gasteiger partial charge in [-0.2, -0.15) is 0 Å². The van der Waals surface area contributed by atoms with Gasteiger partial charge in [-0.15, -0.1) is 0 Å². The van der Waals surface area contributed by atoms with Crippen LogP contribution in [-0.4, -0.2) is 5.91 Å². The van der Waals surface area contributed by atoms with Gasteiger partial charge in [0.25, 0.3) is 0 Å². The van der Waals surface area contributed by atoms with Crippen molar-refractivity contribution in [2.75, 3.05) is 0 Å². The number of rotatable bonds is 3. The summed E-state index contributed by atoms with van der Waals surface area (Å²) in [5.41, 5.74) is 5.50. The maximum Gasteiger partial charge on any atom is 0.248 e. The minimum Gasteiger partial charge on any atom is -0.366 e. The van der Waals surface area contributed by atoms with Gasteiger partial charge in [0.05, 0.1) is 0 Å². The molecule has 0 aliphatic rings. The quantitative estimate of drug-likeness (QED) is 0.460. The zero-order valence-corrected chi connectivity index (χ0v) is 6.00. The van der Waals surface area contributed by atoms with Gasteiger partial charge in [0, 0.05) is 5.57 Å². The monoisotopic (exact) mass is 137 g/mol. The van der Waals surface area contributed by atoms with Crippen LogP contribution in [0.25, 0.3) is 0 Å². The van der Waals surface area contributed by atoms with Crippen LogP contribution in [0.2, 0.25) is 0 Å². The second-order valence-electron chi connectivity index (χ2n) is 1.70. The summed E-state index contributed by atoms with van der Waals surface area (Å²) in [6.45, 7) is 5.22. The molecule has 0 aromatic heterocycles. The van der Waals surface area contributed by atoms with Crippen molar-refractivity contribution < 1.29 is 4.79 Å². The van der Waals surface area contributed by atoms with E-state index >= 15 is 0 Å². The fraction of sp³-hybridized carbons (Fsp3) is 0.125. The normalized spacial score (nSPS) is 11.9. The topological polar surface area (TPSA) is 43.1 Å². The Balaban J connectivity index is 4.25. The molecule has 0 aromatic rings. The van der Waals surface area contributed by atoms with Gasteiger partial charge >= 0.3 is 0 Å². The Bertz CT molecular complexity index is 189. The fourth-order valence-corrected chi connectivity index (χ4v) is 0.492. The minimum atomic E-state index is -0.416. The number of amides is 1. The highest BCUT2D eigenvalue weighted by Crippen LogP contribution is 1.94. The fourth-order valence-electron chi connectivity index (χ4n) is 0.492. The van der Waals surface area contributed by atoms with Crippen molar-refractivity contribution >= 4 is 5.91 Å². The smallest absolute Gasteiger partial charge is 0.248 e. The molecule has 0 radical (unpaired) electrons. The maximum atomic E-state index is 10.5. The van der Waals surface area contributed by atoms with E-state index < -0.39 is 5.91 Å². The van der Waals surface area contributed by atoms with Crippen LogP contribution >= 0.6 is 0 Å². The molecule has 10 heavy (non-hydrogen) atoms. The molecule has 0 spiro atoms. The van der Waals surface area contributed by atoms with E-state index in [-0.39, 0.29) is 0 Å². The first-order valence-electron chi connectivity index (χ1n) is 2.97. The maximum absolute atomic E-state index is 10.5. The van der Waals surface area contributed by atoms with Crippen LogP contribution in [0.5, 0.6) is 0 Å². The first-order valence-corrected chi connectivity index (χ1v) is 2.97. The molecule has 0 saturated heterocycles. The molecule has 0 bridgehead atoms. The molecule has 1 amide bonds. The number of hydrogen-bond acceptors (Lipinski definition) is 1. The molecular weight excluding hydrogens is 126 g/mol. The summed E-state index contributed by atoms with van der Waals surface area (Å²) in [5.74, 6) is -0.416. The predicted molar refractivity (Wildman–Crippen MR) is 42.3 cm³/mol. The van der Waals surface area contributed by atoms with Crippen LogP contribution < -0.4 is 5.73 Å². The molecule has 0 aromatic carbocycles. The summed E-state index contributed by atoms with van der Waals surface area (Å²) in [7, 11) is 0. The van der Waals surface area contributed by atoms with Crippen LogP contribution in [0.15, 0.2) is 36.5 Å². The average Bonchev–Trinajstić information content (AvgIpc) is 1.89. The molecule has 54 valence electrons. The van der Waals surface area contributed by atoms with Crippen molar-refractivity contribution in [3.8, 4) is 0 Å². The van der Waals surface area contributed by atoms with Gasteiger partial charge in [0.15, 0.2) is 0 Å². The van der Waals surface area contributed by atoms with Crippen molar-refractivity contribution in [2.45, 2.75) is 6.92 Å². The molecule has 0 aliphatic carbocycles. The third kappa shape index (κ3) is 2.87. The third-order valence-electron chi connectivity index (χ3n) is 1.01. The lowest BCUT2D eigenvalue weighted by atomic mass is 10.2. The van der Waals surface area contributed by atoms with Crippen molar-refractivity contribution in [1.82, 2.24) is 0 Å². The number of carbonyl (C=O) groups excluding carboxylic acids is 1. The molecule has 0 aliphatic heterocycles. The number of hydrogen-bond donors (Lipinski definition) is 1. The second kappa shape index (κ2) is 4.56. The van der Waals surface area contributed by atoms with Crippen molar-refractivity contribution in [1.29, 1.82) is 0 Å². The molecule has 0 heterocycles. The van der Waals surface area contributed by atoms with Gasteiger partial charge in [-0.25, -0.2) is 0 Å². The molecular formula is C8H11NO. The van der Waals surface area contributed by atoms with E-state index in [0.717, 1.165) is 0 Å². The Morgan fingerprint density at radius 2 is 2.20 bits per heavy atom. The van der Waals surface area contributed by atoms with Gasteiger partial charge < -0.3 is 5.73 Å². The predicted octanol–water partition coefficient (Wildman–Crippen LogP) is 1.16. The Labute approximate surface area is 60.7 Å². The SMILES string of the molecule is C=C/C=C\C(=C/C)C(N)=O. The molecule has 2 N–H and O–H groups in total. The second-order valence-corrected chi connectivity index (χ2v) is 1.70. The first kappa shape index (κ1) is 8.69. The highest BCUT2D eigenvalue weighted by atomic mass is 16.1. The number of allylic oxidation sites excluding steroid dienone is 3. The summed E-state index contributed by atoms with van der Waals surface area (Å²) in [6, 6.07) is 0. The van der Waals surface area contributed by atoms with E-state index in [1.165, 1.54) is 0 Å². The largest absolute Gasteiger partial charge is 0.366 e. The average molecular weight is 137 g/mol. The van der Waals surface area contributed by atoms with Crippen LogP contribution in [0.4, 0.5) is 0 Å². The lowest BCUT2D eigenvalue weighted by molar-refractivity contribution is -0.114. The summed E-state index contributed by atoms with van der Waals surface area (Å²) < 4.78 is 0. The zero-order chi connectivity index (χ0) is 7.98. The molecule has 0 saturated carbocycles. The van der Waals surface area contributed by atoms with E-state index in [2.05, 4.69) is 6.58 Å². The van der Waals surface area contributed by atoms with E-state index in [0.29, 0.717) is 5.57 Å². The van der Waals surface area contributed by atoms with Gasteiger partial charge in [-0.3, -0.25) is 4.79 Å². The van der Waals surface area contributed by atoms with Crippen molar-refractivity contribution in [3.63, 3.8) is 0 Å². The standard InChI is InChI=1S/C8H11NO/c1-3-5-6-7(4-2)8(9)10/h3-6H,1H2,2H3,(H2,9,10)/b6-5-,7-4+. The van der Waals surface area contributed by atoms with Gasteiger partial charge in [0.1, 0.15) is 0 Å². The Kier molecular flexibility index (Phi) is 3.96. The highest BCUT2D eigenvalue weighted by Gasteiger charge is 1.95. The van der Waals surface area contributed by atoms with Crippen molar-refractivity contribution in [3.05, 3.63) is 36.5 Å². The van der Waals surface area contributed by atoms with Crippen molar-refractivity contribution in [2.24, 2.45) is 5.73 Å². The van der Waals surface area contributed by atoms with Gasteiger partial charge in [0.2, 0.25) is 5.91 Å². The zero-order valence-electron chi connectivity index (χ0n) is 6.00. The Hall–Kier alpha value is -1.31. The molecule has 0 atom stereocenters. The van der Waals surface area contributed by atoms with E-state index in [4.69, 9.17) is 5.73 Å². The summed E-state index contributed by atoms with van der Waals surface area (Å²) in [5, 5.41) is 0. The summed E-state index contributed by atoms with van der Waals surface area (Å²) in [4.78, 5) is 10.5. The third-order valence-corrected chi connectivity index (χ3v) is 1.01. The molecule has 2 nitrogen and oxygen atoms in total. The first-order chi connectivity index (χ1) is 4.72. The highest BCUT2D eigenvalue weighted by molar-refractivity contribution is 5.94. The van der Waals surface area contributed by atoms with Gasteiger partial charge in [-0.05, 0) is 13.0 Å². The minimum absolute atomic E-state index is 0.416. The Morgan fingerprint density at radius 1 is 1.60 bits per heavy atom. The Morgan fingerprint density at radius 3 is 2.50 bits per heavy atom. The molecule has 0 fully saturated rings.